The van der Waals surface area contributed by atoms with Crippen LogP contribution in [-0.4, -0.2) is 6.61 Å². The SMILES string of the molecule is CCCCOc1ccc(C2=CSC(=C3SC=CS3)S2)cc1. The van der Waals surface area contributed by atoms with Crippen molar-refractivity contribution in [1.29, 1.82) is 0 Å². The van der Waals surface area contributed by atoms with Crippen LogP contribution in [-0.2, 0) is 0 Å². The molecule has 0 saturated heterocycles. The standard InChI is InChI=1S/C16H16OS4/c1-2-3-8-17-13-6-4-12(5-7-13)14-11-20-16(21-14)15-18-9-10-19-15/h4-7,9-11H,2-3,8H2,1H3. The molecule has 2 aliphatic heterocycles. The van der Waals surface area contributed by atoms with Crippen molar-refractivity contribution in [3.8, 4) is 5.75 Å². The third-order valence-corrected chi connectivity index (χ3v) is 8.02. The number of benzene rings is 1. The van der Waals surface area contributed by atoms with E-state index < -0.39 is 0 Å². The lowest BCUT2D eigenvalue weighted by Crippen LogP contribution is -1.96. The van der Waals surface area contributed by atoms with Gasteiger partial charge in [0.2, 0.25) is 0 Å². The van der Waals surface area contributed by atoms with Gasteiger partial charge in [0, 0.05) is 4.91 Å². The smallest absolute Gasteiger partial charge is 0.119 e. The van der Waals surface area contributed by atoms with Crippen molar-refractivity contribution in [2.75, 3.05) is 6.61 Å². The first kappa shape index (κ1) is 15.5. The minimum Gasteiger partial charge on any atom is -0.494 e. The van der Waals surface area contributed by atoms with Crippen LogP contribution in [0.1, 0.15) is 25.3 Å². The highest BCUT2D eigenvalue weighted by atomic mass is 32.2. The second kappa shape index (κ2) is 7.77. The average molecular weight is 353 g/mol. The molecule has 0 fully saturated rings. The Labute approximate surface area is 143 Å². The molecule has 0 aliphatic carbocycles. The van der Waals surface area contributed by atoms with Gasteiger partial charge in [0.1, 0.15) is 5.75 Å². The van der Waals surface area contributed by atoms with Crippen molar-refractivity contribution in [3.05, 3.63) is 54.5 Å². The zero-order chi connectivity index (χ0) is 14.5. The van der Waals surface area contributed by atoms with Crippen LogP contribution >= 0.6 is 47.0 Å². The fourth-order valence-electron chi connectivity index (χ4n) is 1.82. The van der Waals surface area contributed by atoms with Crippen LogP contribution in [0.4, 0.5) is 0 Å². The molecular formula is C16H16OS4. The van der Waals surface area contributed by atoms with Crippen LogP contribution in [0.3, 0.4) is 0 Å². The molecule has 0 radical (unpaired) electrons. The van der Waals surface area contributed by atoms with Gasteiger partial charge < -0.3 is 4.74 Å². The fraction of sp³-hybridized carbons (Fsp3) is 0.250. The van der Waals surface area contributed by atoms with Gasteiger partial charge in [-0.2, -0.15) is 0 Å². The van der Waals surface area contributed by atoms with Crippen LogP contribution in [0.5, 0.6) is 5.75 Å². The van der Waals surface area contributed by atoms with Crippen molar-refractivity contribution in [1.82, 2.24) is 0 Å². The Morgan fingerprint density at radius 3 is 2.43 bits per heavy atom. The third kappa shape index (κ3) is 4.09. The van der Waals surface area contributed by atoms with Crippen LogP contribution in [0.2, 0.25) is 0 Å². The third-order valence-electron chi connectivity index (χ3n) is 2.95. The Morgan fingerprint density at radius 2 is 1.71 bits per heavy atom. The number of rotatable bonds is 5. The average Bonchev–Trinajstić information content (AvgIpc) is 3.19. The molecule has 0 saturated carbocycles. The van der Waals surface area contributed by atoms with Gasteiger partial charge in [-0.25, -0.2) is 0 Å². The molecule has 0 unspecified atom stereocenters. The van der Waals surface area contributed by atoms with E-state index in [-0.39, 0.29) is 0 Å². The van der Waals surface area contributed by atoms with Gasteiger partial charge in [0.25, 0.3) is 0 Å². The maximum atomic E-state index is 5.71. The van der Waals surface area contributed by atoms with E-state index in [4.69, 9.17) is 4.74 Å². The maximum Gasteiger partial charge on any atom is 0.119 e. The van der Waals surface area contributed by atoms with E-state index in [0.29, 0.717) is 0 Å². The van der Waals surface area contributed by atoms with Crippen molar-refractivity contribution in [2.45, 2.75) is 19.8 Å². The largest absolute Gasteiger partial charge is 0.494 e. The first-order valence-corrected chi connectivity index (χ1v) is 10.3. The van der Waals surface area contributed by atoms with E-state index in [9.17, 15) is 0 Å². The molecule has 0 atom stereocenters. The number of thioether (sulfide) groups is 4. The van der Waals surface area contributed by atoms with Gasteiger partial charge in [-0.15, -0.1) is 0 Å². The van der Waals surface area contributed by atoms with E-state index in [1.807, 2.05) is 47.0 Å². The number of ether oxygens (including phenoxy) is 1. The van der Waals surface area contributed by atoms with E-state index in [1.165, 1.54) is 25.4 Å². The summed E-state index contributed by atoms with van der Waals surface area (Å²) in [6.07, 6.45) is 2.28. The predicted octanol–water partition coefficient (Wildman–Crippen LogP) is 6.72. The van der Waals surface area contributed by atoms with E-state index in [1.54, 1.807) is 0 Å². The Bertz CT molecular complexity index is 577. The molecule has 0 aromatic heterocycles. The topological polar surface area (TPSA) is 9.23 Å². The van der Waals surface area contributed by atoms with Gasteiger partial charge >= 0.3 is 0 Å². The minimum absolute atomic E-state index is 0.806. The highest BCUT2D eigenvalue weighted by molar-refractivity contribution is 8.35. The molecular weight excluding hydrogens is 336 g/mol. The summed E-state index contributed by atoms with van der Waals surface area (Å²) >= 11 is 7.34. The summed E-state index contributed by atoms with van der Waals surface area (Å²) < 4.78 is 8.51. The lowest BCUT2D eigenvalue weighted by Gasteiger charge is -2.07. The summed E-state index contributed by atoms with van der Waals surface area (Å²) in [5.41, 5.74) is 1.27. The molecule has 1 aromatic carbocycles. The predicted molar refractivity (Wildman–Crippen MR) is 101 cm³/mol. The summed E-state index contributed by atoms with van der Waals surface area (Å²) in [5, 5.41) is 6.54. The normalized spacial score (nSPS) is 17.5. The Balaban J connectivity index is 1.61. The van der Waals surface area contributed by atoms with Crippen molar-refractivity contribution in [2.24, 2.45) is 0 Å². The Hall–Kier alpha value is -0.360. The second-order valence-corrected chi connectivity index (χ2v) is 8.79. The molecule has 5 heteroatoms. The summed E-state index contributed by atoms with van der Waals surface area (Å²) in [4.78, 5) is 1.33. The monoisotopic (exact) mass is 352 g/mol. The summed E-state index contributed by atoms with van der Waals surface area (Å²) in [5.74, 6) is 0.966. The van der Waals surface area contributed by atoms with Crippen LogP contribution in [0, 0.1) is 0 Å². The first-order chi connectivity index (χ1) is 10.4. The quantitative estimate of drug-likeness (QED) is 0.542. The molecule has 1 aromatic rings. The van der Waals surface area contributed by atoms with Gasteiger partial charge in [-0.05, 0) is 40.3 Å². The number of hydrogen-bond donors (Lipinski definition) is 0. The summed E-state index contributed by atoms with van der Waals surface area (Å²) in [7, 11) is 0. The molecule has 0 amide bonds. The van der Waals surface area contributed by atoms with Crippen molar-refractivity contribution >= 4 is 52.0 Å². The first-order valence-electron chi connectivity index (χ1n) is 6.87. The van der Waals surface area contributed by atoms with Gasteiger partial charge in [-0.1, -0.05) is 72.5 Å². The molecule has 3 rings (SSSR count). The van der Waals surface area contributed by atoms with E-state index in [2.05, 4.69) is 47.4 Å². The maximum absolute atomic E-state index is 5.71. The van der Waals surface area contributed by atoms with Crippen molar-refractivity contribution in [3.63, 3.8) is 0 Å². The van der Waals surface area contributed by atoms with Gasteiger partial charge in [-0.3, -0.25) is 0 Å². The Morgan fingerprint density at radius 1 is 0.952 bits per heavy atom. The molecule has 0 N–H and O–H groups in total. The van der Waals surface area contributed by atoms with Gasteiger partial charge in [0.05, 0.1) is 15.1 Å². The molecule has 0 spiro atoms. The number of hydrogen-bond acceptors (Lipinski definition) is 5. The lowest BCUT2D eigenvalue weighted by atomic mass is 10.2. The van der Waals surface area contributed by atoms with Gasteiger partial charge in [0.15, 0.2) is 0 Å². The Kier molecular flexibility index (Phi) is 5.75. The van der Waals surface area contributed by atoms with Crippen LogP contribution < -0.4 is 4.74 Å². The van der Waals surface area contributed by atoms with E-state index in [0.717, 1.165) is 18.8 Å². The fourth-order valence-corrected chi connectivity index (χ4v) is 6.31. The molecule has 110 valence electrons. The molecule has 2 heterocycles. The second-order valence-electron chi connectivity index (χ2n) is 4.51. The highest BCUT2D eigenvalue weighted by Crippen LogP contribution is 2.55. The molecule has 0 bridgehead atoms. The lowest BCUT2D eigenvalue weighted by molar-refractivity contribution is 0.309. The van der Waals surface area contributed by atoms with E-state index >= 15 is 0 Å². The van der Waals surface area contributed by atoms with Crippen LogP contribution in [0.15, 0.2) is 49.0 Å². The zero-order valence-corrected chi connectivity index (χ0v) is 15.0. The summed E-state index contributed by atoms with van der Waals surface area (Å²) in [6.45, 7) is 2.98. The molecule has 2 aliphatic rings. The molecule has 21 heavy (non-hydrogen) atoms. The molecule has 1 nitrogen and oxygen atoms in total. The van der Waals surface area contributed by atoms with Crippen molar-refractivity contribution < 1.29 is 4.74 Å². The summed E-state index contributed by atoms with van der Waals surface area (Å²) in [6, 6.07) is 8.45. The minimum atomic E-state index is 0.806. The van der Waals surface area contributed by atoms with Crippen LogP contribution in [0.25, 0.3) is 4.91 Å². The zero-order valence-electron chi connectivity index (χ0n) is 11.7. The number of unbranched alkanes of at least 4 members (excludes halogenated alkanes) is 1. The highest BCUT2D eigenvalue weighted by Gasteiger charge is 2.19.